The topological polar surface area (TPSA) is 29.9 Å². The molecule has 0 radical (unpaired) electrons. The van der Waals surface area contributed by atoms with E-state index in [1.807, 2.05) is 6.92 Å². The van der Waals surface area contributed by atoms with Gasteiger partial charge in [0.1, 0.15) is 0 Å². The maximum absolute atomic E-state index is 4.41. The third-order valence-corrected chi connectivity index (χ3v) is 2.31. The minimum absolute atomic E-state index is 0.909. The molecule has 1 rings (SSSR count). The van der Waals surface area contributed by atoms with E-state index in [2.05, 4.69) is 47.2 Å². The van der Waals surface area contributed by atoms with E-state index in [9.17, 15) is 0 Å². The van der Waals surface area contributed by atoms with Crippen molar-refractivity contribution in [1.29, 1.82) is 0 Å². The molecule has 0 unspecified atom stereocenters. The first-order chi connectivity index (χ1) is 7.27. The normalized spacial score (nSPS) is 11.4. The van der Waals surface area contributed by atoms with Gasteiger partial charge in [0.25, 0.3) is 0 Å². The molecule has 0 aliphatic carbocycles. The number of rotatable bonds is 6. The zero-order chi connectivity index (χ0) is 11.1. The van der Waals surface area contributed by atoms with E-state index in [0.29, 0.717) is 0 Å². The standard InChI is InChI=1S/C12H21N3/c1-4-6-7-8-13-10-12-9-11(3)14-15(12)5-2/h4,6,9,13H,5,7-8,10H2,1-3H3/b6-4+. The van der Waals surface area contributed by atoms with Crippen molar-refractivity contribution in [3.63, 3.8) is 0 Å². The van der Waals surface area contributed by atoms with Crippen molar-refractivity contribution >= 4 is 0 Å². The van der Waals surface area contributed by atoms with Crippen molar-refractivity contribution in [3.8, 4) is 0 Å². The van der Waals surface area contributed by atoms with E-state index in [4.69, 9.17) is 0 Å². The second-order valence-electron chi connectivity index (χ2n) is 3.63. The second kappa shape index (κ2) is 6.40. The summed E-state index contributed by atoms with van der Waals surface area (Å²) < 4.78 is 2.05. The van der Waals surface area contributed by atoms with Crippen molar-refractivity contribution in [2.24, 2.45) is 0 Å². The third-order valence-electron chi connectivity index (χ3n) is 2.31. The highest BCUT2D eigenvalue weighted by Gasteiger charge is 2.02. The van der Waals surface area contributed by atoms with Gasteiger partial charge in [-0.15, -0.1) is 0 Å². The maximum Gasteiger partial charge on any atom is 0.0597 e. The summed E-state index contributed by atoms with van der Waals surface area (Å²) in [5.41, 5.74) is 2.37. The summed E-state index contributed by atoms with van der Waals surface area (Å²) in [6.45, 7) is 9.09. The molecule has 15 heavy (non-hydrogen) atoms. The molecule has 0 saturated carbocycles. The number of allylic oxidation sites excluding steroid dienone is 1. The van der Waals surface area contributed by atoms with Gasteiger partial charge in [0.2, 0.25) is 0 Å². The van der Waals surface area contributed by atoms with Gasteiger partial charge in [0.15, 0.2) is 0 Å². The fourth-order valence-electron chi connectivity index (χ4n) is 1.58. The van der Waals surface area contributed by atoms with E-state index in [0.717, 1.165) is 31.7 Å². The molecule has 0 aliphatic rings. The van der Waals surface area contributed by atoms with Crippen molar-refractivity contribution < 1.29 is 0 Å². The average molecular weight is 207 g/mol. The molecule has 0 saturated heterocycles. The van der Waals surface area contributed by atoms with E-state index in [1.165, 1.54) is 5.69 Å². The molecule has 0 bridgehead atoms. The van der Waals surface area contributed by atoms with E-state index in [-0.39, 0.29) is 0 Å². The third kappa shape index (κ3) is 3.88. The summed E-state index contributed by atoms with van der Waals surface area (Å²) in [4.78, 5) is 0. The molecule has 1 heterocycles. The number of nitrogens with zero attached hydrogens (tertiary/aromatic N) is 2. The quantitative estimate of drug-likeness (QED) is 0.573. The Hall–Kier alpha value is -1.09. The molecule has 0 aromatic carbocycles. The lowest BCUT2D eigenvalue weighted by Crippen LogP contribution is -2.17. The SMILES string of the molecule is C/C=C/CCNCc1cc(C)nn1CC. The number of aryl methyl sites for hydroxylation is 2. The Kier molecular flexibility index (Phi) is 5.12. The van der Waals surface area contributed by atoms with Gasteiger partial charge in [-0.05, 0) is 39.8 Å². The van der Waals surface area contributed by atoms with Crippen molar-refractivity contribution in [1.82, 2.24) is 15.1 Å². The van der Waals surface area contributed by atoms with Crippen LogP contribution < -0.4 is 5.32 Å². The van der Waals surface area contributed by atoms with E-state index < -0.39 is 0 Å². The molecule has 1 aromatic rings. The van der Waals surface area contributed by atoms with Crippen molar-refractivity contribution in [2.45, 2.75) is 40.3 Å². The highest BCUT2D eigenvalue weighted by molar-refractivity contribution is 5.08. The first-order valence-corrected chi connectivity index (χ1v) is 5.63. The van der Waals surface area contributed by atoms with Crippen LogP contribution in [0.25, 0.3) is 0 Å². The van der Waals surface area contributed by atoms with Gasteiger partial charge in [-0.1, -0.05) is 12.2 Å². The van der Waals surface area contributed by atoms with Crippen LogP contribution in [-0.2, 0) is 13.1 Å². The molecule has 0 atom stereocenters. The van der Waals surface area contributed by atoms with Gasteiger partial charge in [0, 0.05) is 13.1 Å². The minimum Gasteiger partial charge on any atom is -0.311 e. The summed E-state index contributed by atoms with van der Waals surface area (Å²) in [5, 5.41) is 7.82. The van der Waals surface area contributed by atoms with Gasteiger partial charge in [-0.25, -0.2) is 0 Å². The van der Waals surface area contributed by atoms with Crippen LogP contribution in [-0.4, -0.2) is 16.3 Å². The fraction of sp³-hybridized carbons (Fsp3) is 0.583. The predicted molar refractivity (Wildman–Crippen MR) is 63.8 cm³/mol. The summed E-state index contributed by atoms with van der Waals surface area (Å²) >= 11 is 0. The summed E-state index contributed by atoms with van der Waals surface area (Å²) in [6.07, 6.45) is 5.35. The summed E-state index contributed by atoms with van der Waals surface area (Å²) in [7, 11) is 0. The van der Waals surface area contributed by atoms with Crippen molar-refractivity contribution in [2.75, 3.05) is 6.54 Å². The molecule has 1 aromatic heterocycles. The Bertz CT molecular complexity index is 313. The highest BCUT2D eigenvalue weighted by atomic mass is 15.3. The highest BCUT2D eigenvalue weighted by Crippen LogP contribution is 2.03. The lowest BCUT2D eigenvalue weighted by atomic mass is 10.3. The molecule has 84 valence electrons. The molecule has 0 amide bonds. The lowest BCUT2D eigenvalue weighted by Gasteiger charge is -2.05. The molecule has 0 spiro atoms. The van der Waals surface area contributed by atoms with Crippen LogP contribution >= 0.6 is 0 Å². The van der Waals surface area contributed by atoms with Crippen LogP contribution in [0.5, 0.6) is 0 Å². The summed E-state index contributed by atoms with van der Waals surface area (Å²) in [6, 6.07) is 2.14. The largest absolute Gasteiger partial charge is 0.311 e. The first kappa shape index (κ1) is 12.0. The van der Waals surface area contributed by atoms with Crippen molar-refractivity contribution in [3.05, 3.63) is 29.6 Å². The molecule has 3 nitrogen and oxygen atoms in total. The monoisotopic (exact) mass is 207 g/mol. The molecule has 1 N–H and O–H groups in total. The van der Waals surface area contributed by atoms with Crippen LogP contribution in [0.4, 0.5) is 0 Å². The van der Waals surface area contributed by atoms with Crippen LogP contribution in [0, 0.1) is 6.92 Å². The van der Waals surface area contributed by atoms with Gasteiger partial charge in [-0.2, -0.15) is 5.10 Å². The number of hydrogen-bond donors (Lipinski definition) is 1. The predicted octanol–water partition coefficient (Wildman–Crippen LogP) is 2.27. The Morgan fingerprint density at radius 2 is 2.33 bits per heavy atom. The van der Waals surface area contributed by atoms with Gasteiger partial charge in [0.05, 0.1) is 11.4 Å². The zero-order valence-electron chi connectivity index (χ0n) is 9.95. The van der Waals surface area contributed by atoms with E-state index >= 15 is 0 Å². The smallest absolute Gasteiger partial charge is 0.0597 e. The van der Waals surface area contributed by atoms with Crippen LogP contribution in [0.1, 0.15) is 31.7 Å². The van der Waals surface area contributed by atoms with Crippen LogP contribution in [0.3, 0.4) is 0 Å². The first-order valence-electron chi connectivity index (χ1n) is 5.63. The Balaban J connectivity index is 2.36. The van der Waals surface area contributed by atoms with Crippen LogP contribution in [0.2, 0.25) is 0 Å². The molecule has 0 fully saturated rings. The van der Waals surface area contributed by atoms with Gasteiger partial charge in [-0.3, -0.25) is 4.68 Å². The zero-order valence-corrected chi connectivity index (χ0v) is 9.95. The van der Waals surface area contributed by atoms with Gasteiger partial charge < -0.3 is 5.32 Å². The number of hydrogen-bond acceptors (Lipinski definition) is 2. The lowest BCUT2D eigenvalue weighted by molar-refractivity contribution is 0.581. The Morgan fingerprint density at radius 3 is 3.00 bits per heavy atom. The van der Waals surface area contributed by atoms with Gasteiger partial charge >= 0.3 is 0 Å². The summed E-state index contributed by atoms with van der Waals surface area (Å²) in [5.74, 6) is 0. The second-order valence-corrected chi connectivity index (χ2v) is 3.63. The maximum atomic E-state index is 4.41. The Labute approximate surface area is 92.2 Å². The molecular weight excluding hydrogens is 186 g/mol. The average Bonchev–Trinajstić information content (AvgIpc) is 2.59. The minimum atomic E-state index is 0.909. The Morgan fingerprint density at radius 1 is 1.53 bits per heavy atom. The number of aromatic nitrogens is 2. The molecule has 0 aliphatic heterocycles. The molecule has 3 heteroatoms. The fourth-order valence-corrected chi connectivity index (χ4v) is 1.58. The van der Waals surface area contributed by atoms with Crippen LogP contribution in [0.15, 0.2) is 18.2 Å². The molecular formula is C12H21N3. The van der Waals surface area contributed by atoms with E-state index in [1.54, 1.807) is 0 Å². The number of nitrogens with one attached hydrogen (secondary N) is 1.